The number of nitrogens with two attached hydrogens (primary N) is 1. The molecule has 3 N–H and O–H groups in total. The fraction of sp³-hybridized carbons (Fsp3) is 0.625. The van der Waals surface area contributed by atoms with Gasteiger partial charge in [-0.1, -0.05) is 13.0 Å². The minimum Gasteiger partial charge on any atom is -0.490 e. The molecule has 21 heavy (non-hydrogen) atoms. The van der Waals surface area contributed by atoms with Gasteiger partial charge in [0.2, 0.25) is 0 Å². The van der Waals surface area contributed by atoms with Crippen LogP contribution in [0.15, 0.2) is 18.2 Å². The summed E-state index contributed by atoms with van der Waals surface area (Å²) in [6, 6.07) is 5.74. The zero-order valence-electron chi connectivity index (χ0n) is 13.7. The Hall–Kier alpha value is -1.30. The number of hydrogen-bond donors (Lipinski definition) is 2. The third kappa shape index (κ3) is 4.09. The Morgan fingerprint density at radius 2 is 1.76 bits per heavy atom. The molecule has 0 aliphatic heterocycles. The van der Waals surface area contributed by atoms with Crippen molar-refractivity contribution in [2.75, 3.05) is 20.3 Å². The van der Waals surface area contributed by atoms with E-state index in [1.807, 2.05) is 39.0 Å². The van der Waals surface area contributed by atoms with Crippen LogP contribution in [-0.4, -0.2) is 25.9 Å². The summed E-state index contributed by atoms with van der Waals surface area (Å²) in [4.78, 5) is 0. The second-order valence-corrected chi connectivity index (χ2v) is 5.04. The van der Waals surface area contributed by atoms with Gasteiger partial charge in [0.1, 0.15) is 0 Å². The summed E-state index contributed by atoms with van der Waals surface area (Å²) in [6.45, 7) is 9.20. The first-order valence-corrected chi connectivity index (χ1v) is 7.47. The first-order valence-electron chi connectivity index (χ1n) is 7.47. The molecule has 2 unspecified atom stereocenters. The number of ether oxygens (including phenoxy) is 3. The monoisotopic (exact) mass is 296 g/mol. The van der Waals surface area contributed by atoms with Crippen LogP contribution < -0.4 is 20.7 Å². The van der Waals surface area contributed by atoms with Crippen LogP contribution >= 0.6 is 0 Å². The number of rotatable bonds is 9. The lowest BCUT2D eigenvalue weighted by Crippen LogP contribution is -2.45. The van der Waals surface area contributed by atoms with Crippen molar-refractivity contribution in [2.45, 2.75) is 45.8 Å². The Balaban J connectivity index is 3.18. The van der Waals surface area contributed by atoms with Gasteiger partial charge in [0.25, 0.3) is 0 Å². The molecule has 0 fully saturated rings. The predicted octanol–water partition coefficient (Wildman–Crippen LogP) is 2.80. The predicted molar refractivity (Wildman–Crippen MR) is 84.5 cm³/mol. The molecule has 2 atom stereocenters. The quantitative estimate of drug-likeness (QED) is 0.542. The van der Waals surface area contributed by atoms with Crippen LogP contribution in [-0.2, 0) is 4.74 Å². The molecule has 0 heterocycles. The van der Waals surface area contributed by atoms with Crippen LogP contribution in [0.5, 0.6) is 11.5 Å². The molecule has 1 aromatic rings. The van der Waals surface area contributed by atoms with E-state index in [1.54, 1.807) is 7.11 Å². The second-order valence-electron chi connectivity index (χ2n) is 5.04. The molecule has 0 saturated carbocycles. The highest BCUT2D eigenvalue weighted by Gasteiger charge is 2.33. The molecule has 0 aliphatic rings. The summed E-state index contributed by atoms with van der Waals surface area (Å²) in [7, 11) is 1.70. The van der Waals surface area contributed by atoms with Crippen LogP contribution in [0.3, 0.4) is 0 Å². The van der Waals surface area contributed by atoms with Crippen LogP contribution in [0.4, 0.5) is 0 Å². The van der Waals surface area contributed by atoms with Crippen molar-refractivity contribution < 1.29 is 14.2 Å². The Labute approximate surface area is 127 Å². The molecule has 0 radical (unpaired) electrons. The Morgan fingerprint density at radius 3 is 2.24 bits per heavy atom. The van der Waals surface area contributed by atoms with Gasteiger partial charge >= 0.3 is 0 Å². The number of methoxy groups -OCH3 is 1. The Morgan fingerprint density at radius 1 is 1.14 bits per heavy atom. The average molecular weight is 296 g/mol. The normalized spacial score (nSPS) is 15.3. The maximum atomic E-state index is 5.76. The van der Waals surface area contributed by atoms with Gasteiger partial charge in [-0.05, 0) is 44.9 Å². The first kappa shape index (κ1) is 17.8. The summed E-state index contributed by atoms with van der Waals surface area (Å²) < 4.78 is 16.9. The van der Waals surface area contributed by atoms with Gasteiger partial charge in [0.15, 0.2) is 11.5 Å². The Bertz CT molecular complexity index is 434. The molecule has 5 heteroatoms. The topological polar surface area (TPSA) is 65.7 Å². The van der Waals surface area contributed by atoms with E-state index in [0.29, 0.717) is 13.2 Å². The van der Waals surface area contributed by atoms with Gasteiger partial charge in [-0.15, -0.1) is 0 Å². The molecule has 1 aromatic carbocycles. The highest BCUT2D eigenvalue weighted by molar-refractivity contribution is 5.44. The van der Waals surface area contributed by atoms with Crippen LogP contribution in [0.2, 0.25) is 0 Å². The fourth-order valence-corrected chi connectivity index (χ4v) is 2.34. The van der Waals surface area contributed by atoms with Gasteiger partial charge in [-0.3, -0.25) is 11.3 Å². The van der Waals surface area contributed by atoms with Crippen molar-refractivity contribution in [3.05, 3.63) is 23.8 Å². The summed E-state index contributed by atoms with van der Waals surface area (Å²) in [6.07, 6.45) is 0.829. The van der Waals surface area contributed by atoms with Crippen molar-refractivity contribution in [1.82, 2.24) is 5.43 Å². The maximum absolute atomic E-state index is 5.76. The number of benzene rings is 1. The van der Waals surface area contributed by atoms with E-state index in [9.17, 15) is 0 Å². The van der Waals surface area contributed by atoms with Crippen molar-refractivity contribution in [2.24, 2.45) is 5.84 Å². The number of nitrogens with one attached hydrogen (secondary N) is 1. The molecule has 120 valence electrons. The first-order chi connectivity index (χ1) is 10.1. The maximum Gasteiger partial charge on any atom is 0.161 e. The van der Waals surface area contributed by atoms with Gasteiger partial charge in [0.05, 0.1) is 24.9 Å². The fourth-order valence-electron chi connectivity index (χ4n) is 2.34. The summed E-state index contributed by atoms with van der Waals surface area (Å²) in [5, 5.41) is 0. The molecule has 0 spiro atoms. The molecule has 5 nitrogen and oxygen atoms in total. The number of hydrazine groups is 1. The lowest BCUT2D eigenvalue weighted by Gasteiger charge is -2.35. The van der Waals surface area contributed by atoms with E-state index in [4.69, 9.17) is 20.1 Å². The zero-order chi connectivity index (χ0) is 15.9. The average Bonchev–Trinajstić information content (AvgIpc) is 2.50. The molecule has 0 amide bonds. The molecule has 0 aromatic heterocycles. The third-order valence-electron chi connectivity index (χ3n) is 3.85. The van der Waals surface area contributed by atoms with Crippen molar-refractivity contribution >= 4 is 0 Å². The van der Waals surface area contributed by atoms with Crippen LogP contribution in [0, 0.1) is 0 Å². The van der Waals surface area contributed by atoms with E-state index < -0.39 is 5.60 Å². The minimum atomic E-state index is -0.397. The molecular weight excluding hydrogens is 268 g/mol. The van der Waals surface area contributed by atoms with Gasteiger partial charge in [0, 0.05) is 7.11 Å². The largest absolute Gasteiger partial charge is 0.490 e. The molecule has 1 rings (SSSR count). The number of hydrogen-bond acceptors (Lipinski definition) is 5. The van der Waals surface area contributed by atoms with E-state index in [1.165, 1.54) is 0 Å². The Kier molecular flexibility index (Phi) is 6.95. The summed E-state index contributed by atoms with van der Waals surface area (Å²) >= 11 is 0. The second kappa shape index (κ2) is 8.22. The summed E-state index contributed by atoms with van der Waals surface area (Å²) in [5.41, 5.74) is 3.47. The standard InChI is InChI=1S/C16H28N2O3/c1-6-16(4,19-5)15(18-17)12-9-10-13(20-7-2)14(11-12)21-8-3/h9-11,15,18H,6-8,17H2,1-5H3. The van der Waals surface area contributed by atoms with E-state index in [2.05, 4.69) is 12.3 Å². The smallest absolute Gasteiger partial charge is 0.161 e. The lowest BCUT2D eigenvalue weighted by atomic mass is 9.88. The van der Waals surface area contributed by atoms with E-state index >= 15 is 0 Å². The van der Waals surface area contributed by atoms with Gasteiger partial charge in [-0.2, -0.15) is 0 Å². The van der Waals surface area contributed by atoms with Crippen LogP contribution in [0.1, 0.15) is 45.7 Å². The van der Waals surface area contributed by atoms with Gasteiger partial charge in [-0.25, -0.2) is 0 Å². The van der Waals surface area contributed by atoms with Crippen molar-refractivity contribution in [1.29, 1.82) is 0 Å². The summed E-state index contributed by atoms with van der Waals surface area (Å²) in [5.74, 6) is 7.23. The van der Waals surface area contributed by atoms with Crippen LogP contribution in [0.25, 0.3) is 0 Å². The van der Waals surface area contributed by atoms with Crippen molar-refractivity contribution in [3.63, 3.8) is 0 Å². The van der Waals surface area contributed by atoms with E-state index in [-0.39, 0.29) is 6.04 Å². The minimum absolute atomic E-state index is 0.137. The highest BCUT2D eigenvalue weighted by Crippen LogP contribution is 2.36. The zero-order valence-corrected chi connectivity index (χ0v) is 13.7. The molecule has 0 aliphatic carbocycles. The highest BCUT2D eigenvalue weighted by atomic mass is 16.5. The lowest BCUT2D eigenvalue weighted by molar-refractivity contribution is -0.0301. The molecule has 0 saturated heterocycles. The van der Waals surface area contributed by atoms with Crippen molar-refractivity contribution in [3.8, 4) is 11.5 Å². The third-order valence-corrected chi connectivity index (χ3v) is 3.85. The molecule has 0 bridgehead atoms. The molecular formula is C16H28N2O3. The van der Waals surface area contributed by atoms with E-state index in [0.717, 1.165) is 23.5 Å². The van der Waals surface area contributed by atoms with Gasteiger partial charge < -0.3 is 14.2 Å². The SMILES string of the molecule is CCOc1ccc(C(NN)C(C)(CC)OC)cc1OCC.